The number of carbonyl (C=O) groups excluding carboxylic acids is 2. The van der Waals surface area contributed by atoms with Crippen LogP contribution in [0.25, 0.3) is 0 Å². The average molecular weight is 427 g/mol. The van der Waals surface area contributed by atoms with Crippen LogP contribution in [0.1, 0.15) is 65.7 Å². The van der Waals surface area contributed by atoms with Gasteiger partial charge in [0.15, 0.2) is 0 Å². The van der Waals surface area contributed by atoms with Gasteiger partial charge in [-0.15, -0.1) is 11.8 Å². The second kappa shape index (κ2) is 14.4. The second-order valence-electron chi connectivity index (χ2n) is 7.31. The lowest BCUT2D eigenvalue weighted by molar-refractivity contribution is -0.116. The number of amidine groups is 1. The van der Waals surface area contributed by atoms with Gasteiger partial charge in [-0.25, -0.2) is 14.2 Å². The van der Waals surface area contributed by atoms with Crippen LogP contribution in [-0.2, 0) is 4.79 Å². The van der Waals surface area contributed by atoms with Gasteiger partial charge in [-0.2, -0.15) is 4.99 Å². The van der Waals surface area contributed by atoms with Crippen molar-refractivity contribution in [2.45, 2.75) is 71.9 Å². The standard InChI is InChI=1S/C21H35FN4O2S/c1-5-7-12-24-20(23-4)17-10-8-16(9-11-17)19(22)13-25-21(28)26-15(3)29-14-18(27)6-2/h12,16-17,19H,5-11,13-14H2,1-4H3,(H,25,28)/b23-20-,24-12-,26-15-. The number of halogens is 1. The molecule has 0 aromatic heterocycles. The van der Waals surface area contributed by atoms with Gasteiger partial charge in [-0.1, -0.05) is 20.3 Å². The number of alkyl halides is 1. The normalized spacial score (nSPS) is 22.0. The lowest BCUT2D eigenvalue weighted by Gasteiger charge is -2.30. The molecule has 6 nitrogen and oxygen atoms in total. The zero-order valence-electron chi connectivity index (χ0n) is 18.1. The third kappa shape index (κ3) is 10.1. The van der Waals surface area contributed by atoms with E-state index in [9.17, 15) is 14.0 Å². The summed E-state index contributed by atoms with van der Waals surface area (Å²) in [6.07, 6.45) is 6.56. The molecule has 1 rings (SSSR count). The minimum absolute atomic E-state index is 0.0348. The van der Waals surface area contributed by atoms with Crippen LogP contribution in [0.2, 0.25) is 0 Å². The lowest BCUT2D eigenvalue weighted by atomic mass is 9.79. The molecule has 0 heterocycles. The highest BCUT2D eigenvalue weighted by atomic mass is 32.2. The molecule has 1 N–H and O–H groups in total. The molecule has 0 bridgehead atoms. The third-order valence-corrected chi connectivity index (χ3v) is 6.04. The molecule has 0 aromatic rings. The van der Waals surface area contributed by atoms with E-state index in [0.29, 0.717) is 23.1 Å². The van der Waals surface area contributed by atoms with E-state index < -0.39 is 12.2 Å². The summed E-state index contributed by atoms with van der Waals surface area (Å²) in [5.74, 6) is 1.51. The molecule has 1 saturated carbocycles. The molecular formula is C21H35FN4O2S. The van der Waals surface area contributed by atoms with Crippen molar-refractivity contribution in [1.29, 1.82) is 0 Å². The molecule has 1 aliphatic rings. The first-order valence-corrected chi connectivity index (χ1v) is 11.5. The molecule has 164 valence electrons. The number of urea groups is 1. The molecule has 1 atom stereocenters. The number of hydrogen-bond acceptors (Lipinski definition) is 4. The van der Waals surface area contributed by atoms with E-state index in [1.807, 2.05) is 6.21 Å². The summed E-state index contributed by atoms with van der Waals surface area (Å²) in [6, 6.07) is -0.555. The Balaban J connectivity index is 2.38. The highest BCUT2D eigenvalue weighted by Gasteiger charge is 2.29. The number of nitrogens with zero attached hydrogens (tertiary/aromatic N) is 3. The number of unbranched alkanes of at least 4 members (excludes halogenated alkanes) is 1. The first kappa shape index (κ1) is 25.5. The van der Waals surface area contributed by atoms with Crippen molar-refractivity contribution in [1.82, 2.24) is 5.32 Å². The van der Waals surface area contributed by atoms with E-state index in [1.54, 1.807) is 20.9 Å². The topological polar surface area (TPSA) is 83.2 Å². The van der Waals surface area contributed by atoms with Crippen molar-refractivity contribution in [3.8, 4) is 0 Å². The van der Waals surface area contributed by atoms with Crippen LogP contribution < -0.4 is 5.32 Å². The molecule has 1 fully saturated rings. The minimum atomic E-state index is -1.09. The number of aliphatic imine (C=N–C) groups is 3. The highest BCUT2D eigenvalue weighted by molar-refractivity contribution is 8.14. The molecule has 0 spiro atoms. The summed E-state index contributed by atoms with van der Waals surface area (Å²) in [4.78, 5) is 35.8. The third-order valence-electron chi connectivity index (χ3n) is 5.06. The summed E-state index contributed by atoms with van der Waals surface area (Å²) < 4.78 is 14.6. The van der Waals surface area contributed by atoms with Crippen LogP contribution in [-0.4, -0.2) is 54.4 Å². The van der Waals surface area contributed by atoms with Crippen LogP contribution >= 0.6 is 11.8 Å². The quantitative estimate of drug-likeness (QED) is 0.422. The SMILES string of the molecule is CCC/C=N\C(=N/C)C1CCC(C(F)CNC(=O)/N=C(/C)SCC(=O)CC)CC1. The van der Waals surface area contributed by atoms with Gasteiger partial charge in [0.05, 0.1) is 17.3 Å². The maximum Gasteiger partial charge on any atom is 0.341 e. The van der Waals surface area contributed by atoms with Crippen molar-refractivity contribution >= 4 is 40.7 Å². The Morgan fingerprint density at radius 1 is 1.24 bits per heavy atom. The summed E-state index contributed by atoms with van der Waals surface area (Å²) in [5.41, 5.74) is 0. The van der Waals surface area contributed by atoms with Crippen molar-refractivity contribution in [2.75, 3.05) is 19.3 Å². The summed E-state index contributed by atoms with van der Waals surface area (Å²) in [7, 11) is 1.76. The highest BCUT2D eigenvalue weighted by Crippen LogP contribution is 2.33. The van der Waals surface area contributed by atoms with E-state index >= 15 is 0 Å². The van der Waals surface area contributed by atoms with E-state index in [1.165, 1.54) is 11.8 Å². The van der Waals surface area contributed by atoms with Crippen molar-refractivity contribution in [3.05, 3.63) is 0 Å². The Morgan fingerprint density at radius 2 is 1.93 bits per heavy atom. The zero-order chi connectivity index (χ0) is 21.6. The maximum atomic E-state index is 14.6. The summed E-state index contributed by atoms with van der Waals surface area (Å²) in [5, 5.41) is 3.05. The summed E-state index contributed by atoms with van der Waals surface area (Å²) in [6.45, 7) is 5.55. The Labute approximate surface area is 178 Å². The van der Waals surface area contributed by atoms with Crippen molar-refractivity contribution < 1.29 is 14.0 Å². The van der Waals surface area contributed by atoms with Crippen molar-refractivity contribution in [2.24, 2.45) is 26.8 Å². The van der Waals surface area contributed by atoms with Crippen LogP contribution in [0.5, 0.6) is 0 Å². The fourth-order valence-electron chi connectivity index (χ4n) is 3.23. The number of amides is 2. The van der Waals surface area contributed by atoms with Crippen LogP contribution in [0.4, 0.5) is 9.18 Å². The molecule has 1 unspecified atom stereocenters. The molecule has 1 aliphatic carbocycles. The minimum Gasteiger partial charge on any atom is -0.333 e. The van der Waals surface area contributed by atoms with Crippen LogP contribution in [0.3, 0.4) is 0 Å². The predicted molar refractivity (Wildman–Crippen MR) is 121 cm³/mol. The number of thioether (sulfide) groups is 1. The maximum absolute atomic E-state index is 14.6. The van der Waals surface area contributed by atoms with Gasteiger partial charge in [0, 0.05) is 25.6 Å². The Hall–Kier alpha value is -1.57. The Kier molecular flexibility index (Phi) is 12.7. The number of ketones is 1. The predicted octanol–water partition coefficient (Wildman–Crippen LogP) is 4.87. The van der Waals surface area contributed by atoms with E-state index in [-0.39, 0.29) is 18.2 Å². The molecule has 2 amide bonds. The van der Waals surface area contributed by atoms with E-state index in [0.717, 1.165) is 44.4 Å². The zero-order valence-corrected chi connectivity index (χ0v) is 18.9. The van der Waals surface area contributed by atoms with Gasteiger partial charge in [-0.3, -0.25) is 9.79 Å². The van der Waals surface area contributed by atoms with Crippen molar-refractivity contribution in [3.63, 3.8) is 0 Å². The molecule has 0 aliphatic heterocycles. The lowest BCUT2D eigenvalue weighted by Crippen LogP contribution is -2.35. The smallest absolute Gasteiger partial charge is 0.333 e. The molecule has 29 heavy (non-hydrogen) atoms. The average Bonchev–Trinajstić information content (AvgIpc) is 2.73. The van der Waals surface area contributed by atoms with Gasteiger partial charge in [0.1, 0.15) is 17.8 Å². The Morgan fingerprint density at radius 3 is 2.52 bits per heavy atom. The molecule has 8 heteroatoms. The first-order valence-electron chi connectivity index (χ1n) is 10.5. The monoisotopic (exact) mass is 426 g/mol. The Bertz CT molecular complexity index is 614. The molecule has 0 saturated heterocycles. The molecular weight excluding hydrogens is 391 g/mol. The number of carbonyl (C=O) groups is 2. The molecule has 0 radical (unpaired) electrons. The number of hydrogen-bond donors (Lipinski definition) is 1. The fraction of sp³-hybridized carbons (Fsp3) is 0.762. The van der Waals surface area contributed by atoms with E-state index in [2.05, 4.69) is 27.2 Å². The van der Waals surface area contributed by atoms with Gasteiger partial charge >= 0.3 is 6.03 Å². The largest absolute Gasteiger partial charge is 0.341 e. The molecule has 0 aromatic carbocycles. The van der Waals surface area contributed by atoms with Gasteiger partial charge < -0.3 is 5.32 Å². The number of nitrogens with one attached hydrogen (secondary N) is 1. The van der Waals surface area contributed by atoms with Gasteiger partial charge in [0.2, 0.25) is 0 Å². The van der Waals surface area contributed by atoms with Crippen LogP contribution in [0.15, 0.2) is 15.0 Å². The number of rotatable bonds is 9. The second-order valence-corrected chi connectivity index (χ2v) is 8.48. The summed E-state index contributed by atoms with van der Waals surface area (Å²) >= 11 is 1.23. The van der Waals surface area contributed by atoms with Gasteiger partial charge in [0.25, 0.3) is 0 Å². The fourth-order valence-corrected chi connectivity index (χ4v) is 3.95. The van der Waals surface area contributed by atoms with E-state index in [4.69, 9.17) is 0 Å². The van der Waals surface area contributed by atoms with Gasteiger partial charge in [-0.05, 0) is 44.9 Å². The van der Waals surface area contributed by atoms with Crippen LogP contribution in [0, 0.1) is 11.8 Å². The first-order chi connectivity index (χ1) is 13.9. The number of Topliss-reactive ketones (excluding diaryl/α,β-unsaturated/α-hetero) is 1.